The molecule has 4 rings (SSSR count). The highest BCUT2D eigenvalue weighted by Crippen LogP contribution is 2.30. The minimum Gasteiger partial charge on any atom is -0.460 e. The van der Waals surface area contributed by atoms with Gasteiger partial charge in [0, 0.05) is 21.8 Å². The maximum atomic E-state index is 12.9. The smallest absolute Gasteiger partial charge is 0.338 e. The third-order valence-electron chi connectivity index (χ3n) is 4.87. The Morgan fingerprint density at radius 2 is 1.90 bits per heavy atom. The van der Waals surface area contributed by atoms with Crippen LogP contribution in [0.2, 0.25) is 0 Å². The molecule has 7 heteroatoms. The van der Waals surface area contributed by atoms with E-state index in [4.69, 9.17) is 9.15 Å². The minimum absolute atomic E-state index is 0.0774. The normalized spacial score (nSPS) is 11.0. The van der Waals surface area contributed by atoms with Crippen LogP contribution < -0.4 is 5.56 Å². The molecule has 0 saturated carbocycles. The Bertz CT molecular complexity index is 1290. The molecule has 4 aromatic rings. The quantitative estimate of drug-likeness (QED) is 0.391. The van der Waals surface area contributed by atoms with Gasteiger partial charge in [0.25, 0.3) is 5.56 Å². The van der Waals surface area contributed by atoms with Crippen molar-refractivity contribution < 1.29 is 13.9 Å². The minimum atomic E-state index is -0.421. The highest BCUT2D eigenvalue weighted by molar-refractivity contribution is 9.10. The predicted molar refractivity (Wildman–Crippen MR) is 118 cm³/mol. The number of hydrogen-bond donors (Lipinski definition) is 0. The summed E-state index contributed by atoms with van der Waals surface area (Å²) in [5.74, 6) is -0.0208. The Balaban J connectivity index is 1.60. The van der Waals surface area contributed by atoms with Crippen LogP contribution in [-0.2, 0) is 11.3 Å². The molecule has 2 heterocycles. The molecule has 152 valence electrons. The van der Waals surface area contributed by atoms with Crippen molar-refractivity contribution in [2.24, 2.45) is 0 Å². The van der Waals surface area contributed by atoms with Gasteiger partial charge in [-0.05, 0) is 43.7 Å². The highest BCUT2D eigenvalue weighted by atomic mass is 79.9. The summed E-state index contributed by atoms with van der Waals surface area (Å²) in [6.07, 6.45) is 1.70. The Kier molecular flexibility index (Phi) is 5.55. The Hall–Kier alpha value is -3.19. The van der Waals surface area contributed by atoms with Gasteiger partial charge < -0.3 is 13.7 Å². The molecule has 0 N–H and O–H groups in total. The molecule has 2 aromatic carbocycles. The molecular formula is C23H19BrN2O4. The number of benzene rings is 2. The summed E-state index contributed by atoms with van der Waals surface area (Å²) in [6.45, 7) is 4.12. The number of oxazole rings is 1. The third-order valence-corrected chi connectivity index (χ3v) is 5.73. The van der Waals surface area contributed by atoms with Gasteiger partial charge in [-0.25, -0.2) is 9.78 Å². The Labute approximate surface area is 181 Å². The number of carbonyl (C=O) groups is 1. The molecule has 2 aromatic heterocycles. The first-order valence-electron chi connectivity index (χ1n) is 9.44. The fourth-order valence-electron chi connectivity index (χ4n) is 3.23. The van der Waals surface area contributed by atoms with Crippen molar-refractivity contribution in [3.63, 3.8) is 0 Å². The summed E-state index contributed by atoms with van der Waals surface area (Å²) in [5.41, 5.74) is 3.50. The largest absolute Gasteiger partial charge is 0.460 e. The number of ether oxygens (including phenoxy) is 1. The number of fused-ring (bicyclic) bond motifs is 1. The molecule has 0 amide bonds. The fourth-order valence-corrected chi connectivity index (χ4v) is 3.60. The molecule has 30 heavy (non-hydrogen) atoms. The highest BCUT2D eigenvalue weighted by Gasteiger charge is 2.17. The predicted octanol–water partition coefficient (Wildman–Crippen LogP) is 4.89. The number of halogens is 1. The molecular weight excluding hydrogens is 448 g/mol. The van der Waals surface area contributed by atoms with Gasteiger partial charge in [0.1, 0.15) is 6.61 Å². The van der Waals surface area contributed by atoms with Crippen LogP contribution in [0.5, 0.6) is 0 Å². The van der Waals surface area contributed by atoms with Gasteiger partial charge in [-0.15, -0.1) is 0 Å². The lowest BCUT2D eigenvalue weighted by Crippen LogP contribution is -2.23. The van der Waals surface area contributed by atoms with Gasteiger partial charge in [-0.3, -0.25) is 4.79 Å². The lowest BCUT2D eigenvalue weighted by molar-refractivity contribution is 0.0490. The maximum absolute atomic E-state index is 12.9. The van der Waals surface area contributed by atoms with Gasteiger partial charge in [-0.1, -0.05) is 40.2 Å². The van der Waals surface area contributed by atoms with Gasteiger partial charge in [0.15, 0.2) is 11.1 Å². The summed E-state index contributed by atoms with van der Waals surface area (Å²) in [7, 11) is 0. The zero-order valence-electron chi connectivity index (χ0n) is 16.5. The summed E-state index contributed by atoms with van der Waals surface area (Å²) >= 11 is 3.51. The number of hydrogen-bond acceptors (Lipinski definition) is 5. The molecule has 0 spiro atoms. The van der Waals surface area contributed by atoms with E-state index in [1.165, 1.54) is 4.57 Å². The lowest BCUT2D eigenvalue weighted by Gasteiger charge is -2.08. The monoisotopic (exact) mass is 466 g/mol. The van der Waals surface area contributed by atoms with Crippen LogP contribution in [0.15, 0.2) is 68.4 Å². The van der Waals surface area contributed by atoms with Crippen molar-refractivity contribution >= 4 is 33.0 Å². The second-order valence-electron chi connectivity index (χ2n) is 6.92. The molecule has 6 nitrogen and oxygen atoms in total. The SMILES string of the molecule is Cc1c(Br)cccc1-c1nc2c(=O)n(CCOC(=O)c3ccccc3)cc(C)c2o1. The van der Waals surface area contributed by atoms with Crippen LogP contribution in [0.3, 0.4) is 0 Å². The zero-order valence-corrected chi connectivity index (χ0v) is 18.1. The van der Waals surface area contributed by atoms with E-state index < -0.39 is 5.97 Å². The topological polar surface area (TPSA) is 74.3 Å². The van der Waals surface area contributed by atoms with Gasteiger partial charge in [-0.2, -0.15) is 0 Å². The van der Waals surface area contributed by atoms with Crippen LogP contribution in [-0.4, -0.2) is 22.1 Å². The zero-order chi connectivity index (χ0) is 21.3. The lowest BCUT2D eigenvalue weighted by atomic mass is 10.1. The van der Waals surface area contributed by atoms with E-state index in [2.05, 4.69) is 20.9 Å². The van der Waals surface area contributed by atoms with E-state index in [9.17, 15) is 9.59 Å². The first kappa shape index (κ1) is 20.1. The van der Waals surface area contributed by atoms with E-state index in [1.807, 2.05) is 38.1 Å². The number of aromatic nitrogens is 2. The summed E-state index contributed by atoms with van der Waals surface area (Å²) in [5, 5.41) is 0. The van der Waals surface area contributed by atoms with Crippen molar-refractivity contribution in [2.45, 2.75) is 20.4 Å². The van der Waals surface area contributed by atoms with Crippen molar-refractivity contribution in [3.05, 3.63) is 86.2 Å². The van der Waals surface area contributed by atoms with Crippen molar-refractivity contribution in [2.75, 3.05) is 6.61 Å². The van der Waals surface area contributed by atoms with E-state index in [1.54, 1.807) is 30.5 Å². The Morgan fingerprint density at radius 1 is 1.13 bits per heavy atom. The second-order valence-corrected chi connectivity index (χ2v) is 7.78. The number of esters is 1. The van der Waals surface area contributed by atoms with Gasteiger partial charge in [0.2, 0.25) is 5.89 Å². The van der Waals surface area contributed by atoms with Gasteiger partial charge >= 0.3 is 5.97 Å². The molecule has 0 aliphatic rings. The number of nitrogens with zero attached hydrogens (tertiary/aromatic N) is 2. The van der Waals surface area contributed by atoms with Crippen LogP contribution >= 0.6 is 15.9 Å². The van der Waals surface area contributed by atoms with Crippen molar-refractivity contribution in [1.29, 1.82) is 0 Å². The first-order chi connectivity index (χ1) is 14.5. The molecule has 0 bridgehead atoms. The van der Waals surface area contributed by atoms with Crippen LogP contribution in [0.1, 0.15) is 21.5 Å². The van der Waals surface area contributed by atoms with Crippen molar-refractivity contribution in [1.82, 2.24) is 9.55 Å². The van der Waals surface area contributed by atoms with E-state index >= 15 is 0 Å². The summed E-state index contributed by atoms with van der Waals surface area (Å²) < 4.78 is 13.7. The fraction of sp³-hybridized carbons (Fsp3) is 0.174. The first-order valence-corrected chi connectivity index (χ1v) is 10.2. The van der Waals surface area contributed by atoms with Crippen LogP contribution in [0.4, 0.5) is 0 Å². The van der Waals surface area contributed by atoms with Crippen molar-refractivity contribution in [3.8, 4) is 11.5 Å². The van der Waals surface area contributed by atoms with Gasteiger partial charge in [0.05, 0.1) is 12.1 Å². The number of carbonyl (C=O) groups excluding carboxylic acids is 1. The third kappa shape index (κ3) is 3.80. The molecule has 0 saturated heterocycles. The standard InChI is InChI=1S/C23H19BrN2O4/c1-14-13-26(11-12-29-23(28)16-7-4-3-5-8-16)22(27)19-20(14)30-21(25-19)17-9-6-10-18(24)15(17)2/h3-10,13H,11-12H2,1-2H3. The molecule has 0 unspecified atom stereocenters. The number of rotatable bonds is 5. The molecule has 0 radical (unpaired) electrons. The van der Waals surface area contributed by atoms with Crippen LogP contribution in [0, 0.1) is 13.8 Å². The summed E-state index contributed by atoms with van der Waals surface area (Å²) in [4.78, 5) is 29.5. The maximum Gasteiger partial charge on any atom is 0.338 e. The van der Waals surface area contributed by atoms with Crippen LogP contribution in [0.25, 0.3) is 22.6 Å². The second kappa shape index (κ2) is 8.28. The molecule has 0 aliphatic carbocycles. The molecule has 0 atom stereocenters. The summed E-state index contributed by atoms with van der Waals surface area (Å²) in [6, 6.07) is 14.5. The number of aryl methyl sites for hydroxylation is 1. The van der Waals surface area contributed by atoms with E-state index in [0.29, 0.717) is 17.0 Å². The average molecular weight is 467 g/mol. The van der Waals surface area contributed by atoms with E-state index in [-0.39, 0.29) is 24.2 Å². The molecule has 0 fully saturated rings. The Morgan fingerprint density at radius 3 is 2.67 bits per heavy atom. The number of pyridine rings is 1. The molecule has 0 aliphatic heterocycles. The average Bonchev–Trinajstić information content (AvgIpc) is 3.20. The van der Waals surface area contributed by atoms with E-state index in [0.717, 1.165) is 21.2 Å².